The highest BCUT2D eigenvalue weighted by Gasteiger charge is 2.60. The first-order valence-corrected chi connectivity index (χ1v) is 8.89. The van der Waals surface area contributed by atoms with E-state index >= 15 is 0 Å². The number of halogens is 5. The van der Waals surface area contributed by atoms with Crippen molar-refractivity contribution in [2.75, 3.05) is 5.32 Å². The summed E-state index contributed by atoms with van der Waals surface area (Å²) in [5.41, 5.74) is 0.0829. The SMILES string of the molecule is CC1(F)CC(F)(F)C(C)(c2cc(NC(=O)c3ccc(Cl)cn3)ccc2F)N=C1N. The fourth-order valence-corrected chi connectivity index (χ4v) is 3.17. The number of hydrogen-bond acceptors (Lipinski definition) is 4. The Bertz CT molecular complexity index is 994. The standard InChI is InChI=1S/C19H17ClF4N4O/c1-17(22)9-19(23,24)18(2,28-16(17)25)12-7-11(4-5-13(12)21)27-15(29)14-6-3-10(20)8-26-14/h3-8H,9H2,1-2H3,(H2,25,28)(H,27,29). The molecule has 154 valence electrons. The number of amidine groups is 1. The van der Waals surface area contributed by atoms with Crippen molar-refractivity contribution in [1.82, 2.24) is 4.98 Å². The van der Waals surface area contributed by atoms with Gasteiger partial charge in [-0.3, -0.25) is 9.79 Å². The molecule has 1 aliphatic heterocycles. The number of aliphatic imine (C=N–C) groups is 1. The minimum absolute atomic E-state index is 0.0185. The molecule has 2 aromatic rings. The van der Waals surface area contributed by atoms with Crippen molar-refractivity contribution in [2.45, 2.75) is 37.4 Å². The molecule has 0 fully saturated rings. The fraction of sp³-hybridized carbons (Fsp3) is 0.316. The summed E-state index contributed by atoms with van der Waals surface area (Å²) in [7, 11) is 0. The maximum absolute atomic E-state index is 14.8. The van der Waals surface area contributed by atoms with E-state index in [0.29, 0.717) is 5.02 Å². The van der Waals surface area contributed by atoms with Gasteiger partial charge < -0.3 is 11.1 Å². The Labute approximate surface area is 169 Å². The lowest BCUT2D eigenvalue weighted by atomic mass is 9.77. The van der Waals surface area contributed by atoms with Crippen LogP contribution in [0.25, 0.3) is 0 Å². The van der Waals surface area contributed by atoms with Crippen LogP contribution < -0.4 is 11.1 Å². The predicted octanol–water partition coefficient (Wildman–Crippen LogP) is 4.47. The second-order valence-corrected chi connectivity index (χ2v) is 7.59. The van der Waals surface area contributed by atoms with Gasteiger partial charge in [0.2, 0.25) is 0 Å². The Kier molecular flexibility index (Phi) is 5.06. The molecule has 0 bridgehead atoms. The summed E-state index contributed by atoms with van der Waals surface area (Å²) in [6.07, 6.45) is 0.0121. The maximum atomic E-state index is 14.8. The summed E-state index contributed by atoms with van der Waals surface area (Å²) in [5, 5.41) is 2.77. The Morgan fingerprint density at radius 2 is 1.90 bits per heavy atom. The van der Waals surface area contributed by atoms with E-state index in [1.807, 2.05) is 0 Å². The van der Waals surface area contributed by atoms with E-state index in [9.17, 15) is 22.4 Å². The van der Waals surface area contributed by atoms with Crippen LogP contribution in [0, 0.1) is 5.82 Å². The van der Waals surface area contributed by atoms with Crippen LogP contribution >= 0.6 is 11.6 Å². The van der Waals surface area contributed by atoms with Crippen molar-refractivity contribution in [2.24, 2.45) is 10.7 Å². The van der Waals surface area contributed by atoms with Crippen LogP contribution in [0.3, 0.4) is 0 Å². The number of carbonyl (C=O) groups excluding carboxylic acids is 1. The highest BCUT2D eigenvalue weighted by molar-refractivity contribution is 6.30. The van der Waals surface area contributed by atoms with E-state index in [-0.39, 0.29) is 11.4 Å². The number of carbonyl (C=O) groups is 1. The summed E-state index contributed by atoms with van der Waals surface area (Å²) in [5.74, 6) is -6.03. The molecule has 10 heteroatoms. The second-order valence-electron chi connectivity index (χ2n) is 7.16. The third-order valence-electron chi connectivity index (χ3n) is 4.85. The number of amides is 1. The molecule has 5 nitrogen and oxygen atoms in total. The summed E-state index contributed by atoms with van der Waals surface area (Å²) in [6.45, 7) is 1.87. The number of nitrogens with one attached hydrogen (secondary N) is 1. The summed E-state index contributed by atoms with van der Waals surface area (Å²) >= 11 is 5.72. The van der Waals surface area contributed by atoms with Crippen molar-refractivity contribution < 1.29 is 22.4 Å². The van der Waals surface area contributed by atoms with E-state index in [1.165, 1.54) is 24.4 Å². The van der Waals surface area contributed by atoms with Crippen molar-refractivity contribution in [1.29, 1.82) is 0 Å². The van der Waals surface area contributed by atoms with Crippen molar-refractivity contribution >= 4 is 29.0 Å². The van der Waals surface area contributed by atoms with Gasteiger partial charge in [-0.2, -0.15) is 0 Å². The van der Waals surface area contributed by atoms with Crippen LogP contribution in [0.5, 0.6) is 0 Å². The van der Waals surface area contributed by atoms with Gasteiger partial charge in [-0.15, -0.1) is 0 Å². The van der Waals surface area contributed by atoms with E-state index in [2.05, 4.69) is 15.3 Å². The molecule has 2 heterocycles. The van der Waals surface area contributed by atoms with E-state index in [0.717, 1.165) is 26.0 Å². The van der Waals surface area contributed by atoms with Gasteiger partial charge in [-0.1, -0.05) is 11.6 Å². The third-order valence-corrected chi connectivity index (χ3v) is 5.08. The zero-order chi connectivity index (χ0) is 21.6. The van der Waals surface area contributed by atoms with E-state index in [1.54, 1.807) is 0 Å². The number of anilines is 1. The molecule has 3 rings (SSSR count). The average Bonchev–Trinajstić information content (AvgIpc) is 2.61. The number of nitrogens with zero attached hydrogens (tertiary/aromatic N) is 2. The maximum Gasteiger partial charge on any atom is 0.280 e. The molecule has 1 aromatic heterocycles. The molecule has 29 heavy (non-hydrogen) atoms. The van der Waals surface area contributed by atoms with Crippen LogP contribution in [0.15, 0.2) is 41.5 Å². The van der Waals surface area contributed by atoms with Crippen LogP contribution in [0.4, 0.5) is 23.2 Å². The lowest BCUT2D eigenvalue weighted by Crippen LogP contribution is -2.56. The Hall–Kier alpha value is -2.68. The van der Waals surface area contributed by atoms with Crippen LogP contribution in [-0.4, -0.2) is 28.3 Å². The summed E-state index contributed by atoms with van der Waals surface area (Å²) in [6, 6.07) is 5.95. The molecule has 0 spiro atoms. The molecule has 0 radical (unpaired) electrons. The lowest BCUT2D eigenvalue weighted by molar-refractivity contribution is -0.106. The summed E-state index contributed by atoms with van der Waals surface area (Å²) in [4.78, 5) is 19.8. The number of pyridine rings is 1. The van der Waals surface area contributed by atoms with Crippen LogP contribution in [0.1, 0.15) is 36.3 Å². The zero-order valence-corrected chi connectivity index (χ0v) is 16.2. The smallest absolute Gasteiger partial charge is 0.280 e. The van der Waals surface area contributed by atoms with Crippen LogP contribution in [0.2, 0.25) is 5.02 Å². The molecule has 0 saturated carbocycles. The molecule has 0 saturated heterocycles. The van der Waals surface area contributed by atoms with Gasteiger partial charge in [-0.05, 0) is 44.2 Å². The topological polar surface area (TPSA) is 80.4 Å². The van der Waals surface area contributed by atoms with Crippen molar-refractivity contribution in [3.05, 3.63) is 58.6 Å². The first-order chi connectivity index (χ1) is 13.4. The second kappa shape index (κ2) is 6.98. The molecule has 1 amide bonds. The minimum Gasteiger partial charge on any atom is -0.385 e. The monoisotopic (exact) mass is 428 g/mol. The third kappa shape index (κ3) is 3.78. The molecule has 2 unspecified atom stereocenters. The normalized spacial score (nSPS) is 26.0. The highest BCUT2D eigenvalue weighted by Crippen LogP contribution is 2.50. The molecule has 1 aliphatic rings. The quantitative estimate of drug-likeness (QED) is 0.708. The number of alkyl halides is 3. The van der Waals surface area contributed by atoms with Gasteiger partial charge >= 0.3 is 0 Å². The minimum atomic E-state index is -3.74. The number of hydrogen-bond donors (Lipinski definition) is 2. The predicted molar refractivity (Wildman–Crippen MR) is 102 cm³/mol. The van der Waals surface area contributed by atoms with Gasteiger partial charge in [0.15, 0.2) is 11.2 Å². The fourth-order valence-electron chi connectivity index (χ4n) is 3.06. The molecule has 0 aliphatic carbocycles. The van der Waals surface area contributed by atoms with Gasteiger partial charge in [-0.25, -0.2) is 22.5 Å². The number of benzene rings is 1. The van der Waals surface area contributed by atoms with Crippen molar-refractivity contribution in [3.8, 4) is 0 Å². The van der Waals surface area contributed by atoms with E-state index < -0.39 is 46.7 Å². The lowest BCUT2D eigenvalue weighted by Gasteiger charge is -2.42. The van der Waals surface area contributed by atoms with Gasteiger partial charge in [0.05, 0.1) is 11.4 Å². The average molecular weight is 429 g/mol. The summed E-state index contributed by atoms with van der Waals surface area (Å²) < 4.78 is 58.4. The molecular weight excluding hydrogens is 412 g/mol. The van der Waals surface area contributed by atoms with Gasteiger partial charge in [0.25, 0.3) is 11.8 Å². The van der Waals surface area contributed by atoms with Gasteiger partial charge in [0.1, 0.15) is 17.3 Å². The Balaban J connectivity index is 2.00. The Morgan fingerprint density at radius 3 is 2.52 bits per heavy atom. The molecule has 3 N–H and O–H groups in total. The number of rotatable bonds is 3. The largest absolute Gasteiger partial charge is 0.385 e. The highest BCUT2D eigenvalue weighted by atomic mass is 35.5. The first-order valence-electron chi connectivity index (χ1n) is 8.51. The van der Waals surface area contributed by atoms with Crippen molar-refractivity contribution in [3.63, 3.8) is 0 Å². The van der Waals surface area contributed by atoms with Crippen LogP contribution in [-0.2, 0) is 5.54 Å². The molecule has 2 atom stereocenters. The molecular formula is C19H17ClF4N4O. The molecule has 1 aromatic carbocycles. The Morgan fingerprint density at radius 1 is 1.21 bits per heavy atom. The van der Waals surface area contributed by atoms with E-state index in [4.69, 9.17) is 17.3 Å². The number of aromatic nitrogens is 1. The van der Waals surface area contributed by atoms with Gasteiger partial charge in [0, 0.05) is 17.4 Å². The zero-order valence-electron chi connectivity index (χ0n) is 15.4. The first kappa shape index (κ1) is 21.0. The number of nitrogens with two attached hydrogens (primary N) is 1.